The third kappa shape index (κ3) is 3.74. The zero-order valence-electron chi connectivity index (χ0n) is 13.2. The number of rotatable bonds is 4. The van der Waals surface area contributed by atoms with Gasteiger partial charge in [-0.3, -0.25) is 0 Å². The van der Waals surface area contributed by atoms with Gasteiger partial charge in [-0.15, -0.1) is 0 Å². The first-order valence-corrected chi connectivity index (χ1v) is 8.86. The summed E-state index contributed by atoms with van der Waals surface area (Å²) >= 11 is 1.95. The Morgan fingerprint density at radius 2 is 2.04 bits per heavy atom. The Morgan fingerprint density at radius 3 is 2.67 bits per heavy atom. The molecule has 3 rings (SSSR count). The number of benzene rings is 1. The standard InChI is InChI=1S/C16H19F3IN3O/c1-24-13-3-2-12-11(8-14(20)23(12)9-16(17,18)19)15(13)22-10-4-6-21-7-5-10/h2-3,8,10,21-22H,4-7,9H2,1H3. The average molecular weight is 453 g/mol. The molecule has 0 amide bonds. The first-order chi connectivity index (χ1) is 11.4. The van der Waals surface area contributed by atoms with Crippen molar-refractivity contribution >= 4 is 39.2 Å². The van der Waals surface area contributed by atoms with Gasteiger partial charge in [0.1, 0.15) is 12.3 Å². The second-order valence-corrected chi connectivity index (χ2v) is 7.02. The Morgan fingerprint density at radius 1 is 1.33 bits per heavy atom. The molecule has 0 unspecified atom stereocenters. The van der Waals surface area contributed by atoms with E-state index < -0.39 is 12.7 Å². The summed E-state index contributed by atoms with van der Waals surface area (Å²) in [5.74, 6) is 0.654. The number of aromatic nitrogens is 1. The van der Waals surface area contributed by atoms with Crippen molar-refractivity contribution < 1.29 is 17.9 Å². The number of nitrogens with zero attached hydrogens (tertiary/aromatic N) is 1. The van der Waals surface area contributed by atoms with E-state index in [2.05, 4.69) is 10.6 Å². The number of anilines is 1. The number of methoxy groups -OCH3 is 1. The maximum absolute atomic E-state index is 12.9. The molecule has 0 spiro atoms. The van der Waals surface area contributed by atoms with Crippen LogP contribution in [0, 0.1) is 3.70 Å². The molecule has 1 aromatic heterocycles. The molecule has 0 aliphatic carbocycles. The summed E-state index contributed by atoms with van der Waals surface area (Å²) in [6, 6.07) is 5.49. The zero-order valence-corrected chi connectivity index (χ0v) is 15.4. The topological polar surface area (TPSA) is 38.2 Å². The van der Waals surface area contributed by atoms with Gasteiger partial charge in [0.2, 0.25) is 0 Å². The zero-order chi connectivity index (χ0) is 17.3. The number of hydrogen-bond donors (Lipinski definition) is 2. The Labute approximate surface area is 151 Å². The van der Waals surface area contributed by atoms with Crippen LogP contribution in [-0.2, 0) is 6.54 Å². The molecule has 2 N–H and O–H groups in total. The minimum Gasteiger partial charge on any atom is -0.495 e. The first-order valence-electron chi connectivity index (χ1n) is 7.79. The molecule has 1 fully saturated rings. The van der Waals surface area contributed by atoms with Crippen molar-refractivity contribution in [2.75, 3.05) is 25.5 Å². The largest absolute Gasteiger partial charge is 0.495 e. The Balaban J connectivity index is 2.03. The van der Waals surface area contributed by atoms with Gasteiger partial charge >= 0.3 is 6.18 Å². The fraction of sp³-hybridized carbons (Fsp3) is 0.500. The molecule has 0 atom stereocenters. The molecule has 132 valence electrons. The molecule has 1 aliphatic heterocycles. The van der Waals surface area contributed by atoms with Crippen LogP contribution in [0.4, 0.5) is 18.9 Å². The van der Waals surface area contributed by atoms with Crippen LogP contribution in [-0.4, -0.2) is 37.0 Å². The van der Waals surface area contributed by atoms with E-state index in [0.29, 0.717) is 15.0 Å². The van der Waals surface area contributed by atoms with Gasteiger partial charge in [0.15, 0.2) is 0 Å². The summed E-state index contributed by atoms with van der Waals surface area (Å²) in [5, 5.41) is 7.55. The predicted molar refractivity (Wildman–Crippen MR) is 96.8 cm³/mol. The minimum atomic E-state index is -4.26. The van der Waals surface area contributed by atoms with Gasteiger partial charge in [0.05, 0.1) is 22.0 Å². The van der Waals surface area contributed by atoms with Crippen LogP contribution in [0.5, 0.6) is 5.75 Å². The van der Waals surface area contributed by atoms with Crippen LogP contribution >= 0.6 is 22.6 Å². The lowest BCUT2D eigenvalue weighted by Gasteiger charge is -2.26. The van der Waals surface area contributed by atoms with E-state index >= 15 is 0 Å². The lowest BCUT2D eigenvalue weighted by atomic mass is 10.1. The number of hydrogen-bond acceptors (Lipinski definition) is 3. The van der Waals surface area contributed by atoms with E-state index in [1.165, 1.54) is 4.57 Å². The highest BCUT2D eigenvalue weighted by Gasteiger charge is 2.30. The predicted octanol–water partition coefficient (Wildman–Crippen LogP) is 3.98. The van der Waals surface area contributed by atoms with Crippen molar-refractivity contribution in [3.05, 3.63) is 21.9 Å². The van der Waals surface area contributed by atoms with Gasteiger partial charge in [0.25, 0.3) is 0 Å². The van der Waals surface area contributed by atoms with Gasteiger partial charge in [-0.25, -0.2) is 0 Å². The fourth-order valence-electron chi connectivity index (χ4n) is 3.11. The van der Waals surface area contributed by atoms with Gasteiger partial charge in [-0.05, 0) is 66.7 Å². The molecule has 1 aromatic carbocycles. The van der Waals surface area contributed by atoms with Gasteiger partial charge in [-0.1, -0.05) is 0 Å². The fourth-order valence-corrected chi connectivity index (χ4v) is 3.85. The van der Waals surface area contributed by atoms with E-state index in [1.54, 1.807) is 25.3 Å². The van der Waals surface area contributed by atoms with Crippen molar-refractivity contribution in [1.29, 1.82) is 0 Å². The normalized spacial score (nSPS) is 16.5. The van der Waals surface area contributed by atoms with Crippen LogP contribution in [0.15, 0.2) is 18.2 Å². The quantitative estimate of drug-likeness (QED) is 0.689. The molecule has 0 radical (unpaired) electrons. The van der Waals surface area contributed by atoms with Crippen molar-refractivity contribution in [1.82, 2.24) is 9.88 Å². The SMILES string of the molecule is COc1ccc2c(cc(I)n2CC(F)(F)F)c1NC1CCNCC1. The second-order valence-electron chi connectivity index (χ2n) is 5.91. The molecule has 1 saturated heterocycles. The van der Waals surface area contributed by atoms with Crippen LogP contribution in [0.25, 0.3) is 10.9 Å². The number of nitrogens with one attached hydrogen (secondary N) is 2. The molecule has 24 heavy (non-hydrogen) atoms. The van der Waals surface area contributed by atoms with Gasteiger partial charge in [-0.2, -0.15) is 13.2 Å². The highest BCUT2D eigenvalue weighted by molar-refractivity contribution is 14.1. The molecule has 0 bridgehead atoms. The minimum absolute atomic E-state index is 0.286. The molecule has 0 saturated carbocycles. The smallest absolute Gasteiger partial charge is 0.406 e. The lowest BCUT2D eigenvalue weighted by Crippen LogP contribution is -2.35. The van der Waals surface area contributed by atoms with Gasteiger partial charge in [0, 0.05) is 11.4 Å². The second kappa shape index (κ2) is 6.99. The molecule has 8 heteroatoms. The van der Waals surface area contributed by atoms with Crippen LogP contribution in [0.2, 0.25) is 0 Å². The number of fused-ring (bicyclic) bond motifs is 1. The maximum atomic E-state index is 12.9. The van der Waals surface area contributed by atoms with Crippen molar-refractivity contribution in [2.24, 2.45) is 0 Å². The summed E-state index contributed by atoms with van der Waals surface area (Å²) in [5.41, 5.74) is 1.34. The maximum Gasteiger partial charge on any atom is 0.406 e. The summed E-state index contributed by atoms with van der Waals surface area (Å²) < 4.78 is 45.9. The average Bonchev–Trinajstić information content (AvgIpc) is 2.84. The van der Waals surface area contributed by atoms with Crippen molar-refractivity contribution in [3.8, 4) is 5.75 Å². The molecule has 2 heterocycles. The third-order valence-corrected chi connectivity index (χ3v) is 5.14. The summed E-state index contributed by atoms with van der Waals surface area (Å²) in [7, 11) is 1.58. The summed E-state index contributed by atoms with van der Waals surface area (Å²) in [4.78, 5) is 0. The van der Waals surface area contributed by atoms with Crippen molar-refractivity contribution in [3.63, 3.8) is 0 Å². The molecule has 4 nitrogen and oxygen atoms in total. The van der Waals surface area contributed by atoms with E-state index in [9.17, 15) is 13.2 Å². The third-order valence-electron chi connectivity index (χ3n) is 4.24. The first kappa shape index (κ1) is 17.7. The highest BCUT2D eigenvalue weighted by Crippen LogP contribution is 2.37. The lowest BCUT2D eigenvalue weighted by molar-refractivity contribution is -0.140. The number of ether oxygens (including phenoxy) is 1. The van der Waals surface area contributed by atoms with E-state index in [4.69, 9.17) is 4.74 Å². The summed E-state index contributed by atoms with van der Waals surface area (Å²) in [6.45, 7) is 0.874. The van der Waals surface area contributed by atoms with E-state index in [1.807, 2.05) is 22.6 Å². The highest BCUT2D eigenvalue weighted by atomic mass is 127. The van der Waals surface area contributed by atoms with Gasteiger partial charge < -0.3 is 19.9 Å². The monoisotopic (exact) mass is 453 g/mol. The Kier molecular flexibility index (Phi) is 5.14. The Hall–Kier alpha value is -1.16. The number of alkyl halides is 3. The van der Waals surface area contributed by atoms with Crippen LogP contribution < -0.4 is 15.4 Å². The van der Waals surface area contributed by atoms with E-state index in [0.717, 1.165) is 37.0 Å². The summed E-state index contributed by atoms with van der Waals surface area (Å²) in [6.07, 6.45) is -2.31. The molecular weight excluding hydrogens is 434 g/mol. The number of piperidine rings is 1. The Bertz CT molecular complexity index is 723. The van der Waals surface area contributed by atoms with Crippen LogP contribution in [0.1, 0.15) is 12.8 Å². The number of halogens is 4. The molecular formula is C16H19F3IN3O. The molecule has 1 aliphatic rings. The van der Waals surface area contributed by atoms with Crippen molar-refractivity contribution in [2.45, 2.75) is 31.6 Å². The molecule has 2 aromatic rings. The van der Waals surface area contributed by atoms with E-state index in [-0.39, 0.29) is 6.04 Å². The van der Waals surface area contributed by atoms with Crippen LogP contribution in [0.3, 0.4) is 0 Å².